The molecule has 0 radical (unpaired) electrons. The average Bonchev–Trinajstić information content (AvgIpc) is 2.30. The van der Waals surface area contributed by atoms with Crippen LogP contribution < -0.4 is 0 Å². The molecule has 0 saturated heterocycles. The molecule has 0 bridgehead atoms. The monoisotopic (exact) mass is 273 g/mol. The first kappa shape index (κ1) is 16.4. The molecule has 0 aliphatic rings. The zero-order valence-corrected chi connectivity index (χ0v) is 10.9. The van der Waals surface area contributed by atoms with Crippen LogP contribution in [0.1, 0.15) is 25.3 Å². The first-order valence-corrected chi connectivity index (χ1v) is 5.52. The van der Waals surface area contributed by atoms with E-state index in [1.54, 1.807) is 19.1 Å². The van der Waals surface area contributed by atoms with E-state index < -0.39 is 4.92 Å². The van der Waals surface area contributed by atoms with Crippen LogP contribution in [0.4, 0.5) is 5.69 Å². The number of aryl methyl sites for hydroxylation is 1. The van der Waals surface area contributed by atoms with Gasteiger partial charge in [-0.25, -0.2) is 0 Å². The Morgan fingerprint density at radius 3 is 2.44 bits per heavy atom. The first-order chi connectivity index (χ1) is 8.13. The van der Waals surface area contributed by atoms with E-state index in [2.05, 4.69) is 0 Å². The van der Waals surface area contributed by atoms with Gasteiger partial charge >= 0.3 is 5.97 Å². The van der Waals surface area contributed by atoms with Crippen molar-refractivity contribution in [1.82, 2.24) is 0 Å². The fourth-order valence-corrected chi connectivity index (χ4v) is 1.45. The Balaban J connectivity index is 0.00000289. The molecule has 1 rings (SSSR count). The lowest BCUT2D eigenvalue weighted by atomic mass is 10.1. The van der Waals surface area contributed by atoms with Gasteiger partial charge in [0.05, 0.1) is 11.5 Å². The fourth-order valence-electron chi connectivity index (χ4n) is 1.45. The molecule has 1 aromatic rings. The Morgan fingerprint density at radius 2 is 1.94 bits per heavy atom. The minimum atomic E-state index is -0.428. The molecule has 18 heavy (non-hydrogen) atoms. The van der Waals surface area contributed by atoms with Gasteiger partial charge in [0.2, 0.25) is 0 Å². The number of carbonyl (C=O) groups excluding carboxylic acids is 1. The lowest BCUT2D eigenvalue weighted by Crippen LogP contribution is -2.04. The normalized spacial score (nSPS) is 9.39. The molecule has 6 heteroatoms. The van der Waals surface area contributed by atoms with Gasteiger partial charge in [0.15, 0.2) is 0 Å². The number of nitro benzene ring substituents is 1. The molecule has 0 amide bonds. The van der Waals surface area contributed by atoms with Crippen molar-refractivity contribution in [3.05, 3.63) is 39.9 Å². The van der Waals surface area contributed by atoms with Crippen LogP contribution in [0.3, 0.4) is 0 Å². The number of ether oxygens (including phenoxy) is 1. The van der Waals surface area contributed by atoms with Crippen molar-refractivity contribution in [3.8, 4) is 0 Å². The van der Waals surface area contributed by atoms with Gasteiger partial charge in [-0.1, -0.05) is 12.1 Å². The predicted molar refractivity (Wildman–Crippen MR) is 69.9 cm³/mol. The molecular weight excluding hydrogens is 258 g/mol. The highest BCUT2D eigenvalue weighted by Gasteiger charge is 2.05. The molecule has 0 aliphatic heterocycles. The van der Waals surface area contributed by atoms with E-state index in [0.717, 1.165) is 12.0 Å². The van der Waals surface area contributed by atoms with Crippen molar-refractivity contribution >= 4 is 24.1 Å². The highest BCUT2D eigenvalue weighted by molar-refractivity contribution is 5.85. The summed E-state index contributed by atoms with van der Waals surface area (Å²) >= 11 is 0. The average molecular weight is 274 g/mol. The summed E-state index contributed by atoms with van der Waals surface area (Å²) in [5, 5.41) is 10.4. The molecule has 0 aromatic heterocycles. The molecule has 0 fully saturated rings. The van der Waals surface area contributed by atoms with Gasteiger partial charge in [-0.15, -0.1) is 12.4 Å². The smallest absolute Gasteiger partial charge is 0.305 e. The minimum Gasteiger partial charge on any atom is -0.466 e. The standard InChI is InChI=1S/C12H15NO4.ClH/c1-2-17-12(14)5-3-4-10-6-8-11(9-7-10)13(15)16;/h6-9H,2-5H2,1H3;1H. The van der Waals surface area contributed by atoms with Gasteiger partial charge in [0.25, 0.3) is 5.69 Å². The van der Waals surface area contributed by atoms with Crippen LogP contribution in [0, 0.1) is 10.1 Å². The number of rotatable bonds is 6. The van der Waals surface area contributed by atoms with Gasteiger partial charge in [-0.05, 0) is 25.3 Å². The number of hydrogen-bond acceptors (Lipinski definition) is 4. The molecule has 0 atom stereocenters. The van der Waals surface area contributed by atoms with E-state index in [0.29, 0.717) is 19.4 Å². The fraction of sp³-hybridized carbons (Fsp3) is 0.417. The van der Waals surface area contributed by atoms with Crippen LogP contribution in [0.2, 0.25) is 0 Å². The molecule has 1 aromatic carbocycles. The quantitative estimate of drug-likeness (QED) is 0.454. The molecule has 0 spiro atoms. The second-order valence-corrected chi connectivity index (χ2v) is 3.58. The lowest BCUT2D eigenvalue weighted by Gasteiger charge is -2.02. The van der Waals surface area contributed by atoms with Crippen LogP contribution in [0.25, 0.3) is 0 Å². The van der Waals surface area contributed by atoms with Crippen LogP contribution in [-0.2, 0) is 16.0 Å². The second-order valence-electron chi connectivity index (χ2n) is 3.58. The van der Waals surface area contributed by atoms with E-state index in [9.17, 15) is 14.9 Å². The van der Waals surface area contributed by atoms with Crippen LogP contribution in [-0.4, -0.2) is 17.5 Å². The maximum Gasteiger partial charge on any atom is 0.305 e. The summed E-state index contributed by atoms with van der Waals surface area (Å²) in [6.07, 6.45) is 1.79. The van der Waals surface area contributed by atoms with Gasteiger partial charge in [-0.2, -0.15) is 0 Å². The van der Waals surface area contributed by atoms with Gasteiger partial charge in [-0.3, -0.25) is 14.9 Å². The Morgan fingerprint density at radius 1 is 1.33 bits per heavy atom. The molecule has 0 aliphatic carbocycles. The third-order valence-electron chi connectivity index (χ3n) is 2.30. The summed E-state index contributed by atoms with van der Waals surface area (Å²) in [4.78, 5) is 21.1. The van der Waals surface area contributed by atoms with Crippen molar-refractivity contribution in [2.24, 2.45) is 0 Å². The van der Waals surface area contributed by atoms with Crippen molar-refractivity contribution in [2.45, 2.75) is 26.2 Å². The Bertz CT molecular complexity index is 392. The number of carbonyl (C=O) groups is 1. The topological polar surface area (TPSA) is 69.4 Å². The van der Waals surface area contributed by atoms with Gasteiger partial charge < -0.3 is 4.74 Å². The SMILES string of the molecule is CCOC(=O)CCCc1ccc([N+](=O)[O-])cc1.Cl. The molecule has 0 unspecified atom stereocenters. The lowest BCUT2D eigenvalue weighted by molar-refractivity contribution is -0.384. The molecule has 5 nitrogen and oxygen atoms in total. The third kappa shape index (κ3) is 5.63. The highest BCUT2D eigenvalue weighted by Crippen LogP contribution is 2.13. The van der Waals surface area contributed by atoms with E-state index >= 15 is 0 Å². The van der Waals surface area contributed by atoms with E-state index in [1.165, 1.54) is 12.1 Å². The zero-order chi connectivity index (χ0) is 12.7. The maximum atomic E-state index is 11.1. The van der Waals surface area contributed by atoms with Crippen molar-refractivity contribution in [1.29, 1.82) is 0 Å². The number of halogens is 1. The molecule has 0 N–H and O–H groups in total. The maximum absolute atomic E-state index is 11.1. The third-order valence-corrected chi connectivity index (χ3v) is 2.30. The van der Waals surface area contributed by atoms with Crippen molar-refractivity contribution < 1.29 is 14.5 Å². The summed E-state index contributed by atoms with van der Waals surface area (Å²) in [5.41, 5.74) is 1.07. The van der Waals surface area contributed by atoms with Crippen molar-refractivity contribution in [3.63, 3.8) is 0 Å². The van der Waals surface area contributed by atoms with E-state index in [-0.39, 0.29) is 24.1 Å². The Kier molecular flexibility index (Phi) is 7.71. The summed E-state index contributed by atoms with van der Waals surface area (Å²) in [5.74, 6) is -0.200. The van der Waals surface area contributed by atoms with Crippen LogP contribution in [0.5, 0.6) is 0 Å². The largest absolute Gasteiger partial charge is 0.466 e. The van der Waals surface area contributed by atoms with Crippen LogP contribution >= 0.6 is 12.4 Å². The van der Waals surface area contributed by atoms with Gasteiger partial charge in [0.1, 0.15) is 0 Å². The minimum absolute atomic E-state index is 0. The van der Waals surface area contributed by atoms with Crippen LogP contribution in [0.15, 0.2) is 24.3 Å². The Hall–Kier alpha value is -1.62. The molecular formula is C12H16ClNO4. The summed E-state index contributed by atoms with van der Waals surface area (Å²) in [7, 11) is 0. The summed E-state index contributed by atoms with van der Waals surface area (Å²) in [6.45, 7) is 2.17. The second kappa shape index (κ2) is 8.47. The number of nitrogens with zero attached hydrogens (tertiary/aromatic N) is 1. The highest BCUT2D eigenvalue weighted by atomic mass is 35.5. The number of benzene rings is 1. The number of esters is 1. The molecule has 0 heterocycles. The van der Waals surface area contributed by atoms with E-state index in [1.807, 2.05) is 0 Å². The number of nitro groups is 1. The first-order valence-electron chi connectivity index (χ1n) is 5.52. The number of hydrogen-bond donors (Lipinski definition) is 0. The zero-order valence-electron chi connectivity index (χ0n) is 10.1. The molecule has 100 valence electrons. The molecule has 0 saturated carbocycles. The number of non-ortho nitro benzene ring substituents is 1. The summed E-state index contributed by atoms with van der Waals surface area (Å²) in [6, 6.07) is 6.37. The van der Waals surface area contributed by atoms with E-state index in [4.69, 9.17) is 4.74 Å². The van der Waals surface area contributed by atoms with Crippen molar-refractivity contribution in [2.75, 3.05) is 6.61 Å². The predicted octanol–water partition coefficient (Wildman–Crippen LogP) is 2.90. The van der Waals surface area contributed by atoms with Gasteiger partial charge in [0, 0.05) is 18.6 Å². The Labute approximate surface area is 112 Å². The summed E-state index contributed by atoms with van der Waals surface area (Å²) < 4.78 is 4.80.